The molecule has 3 N–H and O–H groups in total. The summed E-state index contributed by atoms with van der Waals surface area (Å²) in [5.41, 5.74) is 5.11. The van der Waals surface area contributed by atoms with E-state index in [1.165, 1.54) is 6.07 Å². The summed E-state index contributed by atoms with van der Waals surface area (Å²) in [6, 6.07) is 9.40. The average molecular weight is 429 g/mol. The van der Waals surface area contributed by atoms with E-state index in [1.54, 1.807) is 30.3 Å². The van der Waals surface area contributed by atoms with Crippen molar-refractivity contribution < 1.29 is 33.3 Å². The zero-order chi connectivity index (χ0) is 22.2. The molecule has 3 amide bonds. The van der Waals surface area contributed by atoms with E-state index in [2.05, 4.69) is 16.2 Å². The lowest BCUT2D eigenvalue weighted by Gasteiger charge is -2.12. The van der Waals surface area contributed by atoms with E-state index < -0.39 is 17.7 Å². The fourth-order valence-electron chi connectivity index (χ4n) is 2.74. The quantitative estimate of drug-likeness (QED) is 0.542. The number of hydrazine groups is 1. The topological polar surface area (TPSA) is 124 Å². The minimum atomic E-state index is -0.599. The smallest absolute Gasteiger partial charge is 0.269 e. The molecule has 1 heterocycles. The highest BCUT2D eigenvalue weighted by Gasteiger charge is 2.17. The third-order valence-corrected chi connectivity index (χ3v) is 4.17. The van der Waals surface area contributed by atoms with Gasteiger partial charge in [-0.05, 0) is 50.2 Å². The van der Waals surface area contributed by atoms with Gasteiger partial charge >= 0.3 is 0 Å². The number of amides is 3. The minimum absolute atomic E-state index is 0.0945. The Labute approximate surface area is 178 Å². The van der Waals surface area contributed by atoms with Gasteiger partial charge in [0.1, 0.15) is 0 Å². The van der Waals surface area contributed by atoms with Gasteiger partial charge in [0.25, 0.3) is 17.7 Å². The summed E-state index contributed by atoms with van der Waals surface area (Å²) in [7, 11) is 0. The third-order valence-electron chi connectivity index (χ3n) is 4.17. The van der Waals surface area contributed by atoms with Crippen molar-refractivity contribution in [3.8, 4) is 23.0 Å². The van der Waals surface area contributed by atoms with E-state index in [4.69, 9.17) is 18.9 Å². The summed E-state index contributed by atoms with van der Waals surface area (Å²) in [6.45, 7) is 4.31. The monoisotopic (exact) mass is 429 g/mol. The number of benzene rings is 2. The summed E-state index contributed by atoms with van der Waals surface area (Å²) < 4.78 is 21.3. The predicted octanol–water partition coefficient (Wildman–Crippen LogP) is 1.40. The zero-order valence-corrected chi connectivity index (χ0v) is 17.2. The predicted molar refractivity (Wildman–Crippen MR) is 109 cm³/mol. The second kappa shape index (κ2) is 10.2. The Morgan fingerprint density at radius 2 is 1.52 bits per heavy atom. The summed E-state index contributed by atoms with van der Waals surface area (Å²) >= 11 is 0. The molecule has 1 aliphatic rings. The Balaban J connectivity index is 1.49. The van der Waals surface area contributed by atoms with Gasteiger partial charge in [-0.15, -0.1) is 0 Å². The van der Waals surface area contributed by atoms with Crippen molar-refractivity contribution >= 4 is 17.7 Å². The van der Waals surface area contributed by atoms with Gasteiger partial charge in [0.05, 0.1) is 19.8 Å². The molecule has 0 aromatic heterocycles. The zero-order valence-electron chi connectivity index (χ0n) is 17.2. The molecule has 31 heavy (non-hydrogen) atoms. The number of rotatable bonds is 8. The first-order valence-corrected chi connectivity index (χ1v) is 9.68. The molecule has 10 nitrogen and oxygen atoms in total. The summed E-state index contributed by atoms with van der Waals surface area (Å²) in [5, 5.41) is 2.48. The number of ether oxygens (including phenoxy) is 4. The molecular weight excluding hydrogens is 406 g/mol. The van der Waals surface area contributed by atoms with E-state index in [-0.39, 0.29) is 18.9 Å². The number of carbonyl (C=O) groups excluding carboxylic acids is 3. The van der Waals surface area contributed by atoms with Gasteiger partial charge in [0, 0.05) is 11.1 Å². The Hall–Kier alpha value is -3.95. The average Bonchev–Trinajstić information content (AvgIpc) is 3.25. The van der Waals surface area contributed by atoms with Gasteiger partial charge in [0.2, 0.25) is 6.79 Å². The Morgan fingerprint density at radius 3 is 2.29 bits per heavy atom. The molecule has 2 aromatic carbocycles. The summed E-state index contributed by atoms with van der Waals surface area (Å²) in [5.74, 6) is 0.367. The molecule has 0 saturated carbocycles. The Kier molecular flexibility index (Phi) is 7.15. The molecule has 3 rings (SSSR count). The maximum absolute atomic E-state index is 12.3. The maximum atomic E-state index is 12.3. The molecular formula is C21H23N3O7. The molecule has 0 spiro atoms. The normalized spacial score (nSPS) is 11.4. The van der Waals surface area contributed by atoms with Crippen molar-refractivity contribution in [1.29, 1.82) is 0 Å². The highest BCUT2D eigenvalue weighted by Crippen LogP contribution is 2.32. The number of nitrogens with one attached hydrogen (secondary N) is 3. The molecule has 164 valence electrons. The van der Waals surface area contributed by atoms with Crippen LogP contribution in [-0.2, 0) is 4.79 Å². The van der Waals surface area contributed by atoms with E-state index in [0.29, 0.717) is 41.8 Å². The standard InChI is InChI=1S/C21H23N3O7/c1-3-28-15-7-5-13(9-17(15)29-4-2)20(26)22-11-19(25)23-24-21(27)14-6-8-16-18(10-14)31-12-30-16/h5-10H,3-4,11-12H2,1-2H3,(H,22,26)(H,23,25)(H,24,27). The molecule has 0 radical (unpaired) electrons. The highest BCUT2D eigenvalue weighted by atomic mass is 16.7. The molecule has 0 saturated heterocycles. The van der Waals surface area contributed by atoms with Crippen LogP contribution < -0.4 is 35.1 Å². The Morgan fingerprint density at radius 1 is 0.839 bits per heavy atom. The number of fused-ring (bicyclic) bond motifs is 1. The Bertz CT molecular complexity index is 977. The van der Waals surface area contributed by atoms with E-state index in [0.717, 1.165) is 0 Å². The van der Waals surface area contributed by atoms with Crippen LogP contribution in [0.25, 0.3) is 0 Å². The lowest BCUT2D eigenvalue weighted by Crippen LogP contribution is -2.46. The minimum Gasteiger partial charge on any atom is -0.490 e. The first kappa shape index (κ1) is 21.8. The lowest BCUT2D eigenvalue weighted by atomic mass is 10.2. The largest absolute Gasteiger partial charge is 0.490 e. The van der Waals surface area contributed by atoms with Crippen molar-refractivity contribution in [2.24, 2.45) is 0 Å². The van der Waals surface area contributed by atoms with Crippen molar-refractivity contribution in [2.75, 3.05) is 26.6 Å². The second-order valence-corrected chi connectivity index (χ2v) is 6.28. The first-order chi connectivity index (χ1) is 15.0. The number of carbonyl (C=O) groups is 3. The fourth-order valence-corrected chi connectivity index (χ4v) is 2.74. The van der Waals surface area contributed by atoms with Crippen LogP contribution in [-0.4, -0.2) is 44.3 Å². The van der Waals surface area contributed by atoms with Crippen LogP contribution in [0, 0.1) is 0 Å². The summed E-state index contributed by atoms with van der Waals surface area (Å²) in [6.07, 6.45) is 0. The molecule has 2 aromatic rings. The fraction of sp³-hybridized carbons (Fsp3) is 0.286. The van der Waals surface area contributed by atoms with Gasteiger partial charge in [-0.3, -0.25) is 25.2 Å². The van der Waals surface area contributed by atoms with Gasteiger partial charge in [0.15, 0.2) is 23.0 Å². The van der Waals surface area contributed by atoms with Gasteiger partial charge in [-0.1, -0.05) is 0 Å². The van der Waals surface area contributed by atoms with Crippen molar-refractivity contribution in [3.05, 3.63) is 47.5 Å². The van der Waals surface area contributed by atoms with Crippen molar-refractivity contribution in [2.45, 2.75) is 13.8 Å². The van der Waals surface area contributed by atoms with E-state index >= 15 is 0 Å². The van der Waals surface area contributed by atoms with E-state index in [1.807, 2.05) is 13.8 Å². The molecule has 1 aliphatic heterocycles. The van der Waals surface area contributed by atoms with E-state index in [9.17, 15) is 14.4 Å². The first-order valence-electron chi connectivity index (χ1n) is 9.68. The number of hydrogen-bond donors (Lipinski definition) is 3. The molecule has 0 aliphatic carbocycles. The van der Waals surface area contributed by atoms with Crippen LogP contribution in [0.15, 0.2) is 36.4 Å². The molecule has 10 heteroatoms. The lowest BCUT2D eigenvalue weighted by molar-refractivity contribution is -0.120. The van der Waals surface area contributed by atoms with Crippen LogP contribution in [0.1, 0.15) is 34.6 Å². The van der Waals surface area contributed by atoms with Gasteiger partial charge in [-0.25, -0.2) is 0 Å². The van der Waals surface area contributed by atoms with Crippen molar-refractivity contribution in [3.63, 3.8) is 0 Å². The second-order valence-electron chi connectivity index (χ2n) is 6.28. The van der Waals surface area contributed by atoms with Gasteiger partial charge < -0.3 is 24.3 Å². The molecule has 0 atom stereocenters. The van der Waals surface area contributed by atoms with Crippen molar-refractivity contribution in [1.82, 2.24) is 16.2 Å². The maximum Gasteiger partial charge on any atom is 0.269 e. The van der Waals surface area contributed by atoms with Crippen LogP contribution in [0.4, 0.5) is 0 Å². The SMILES string of the molecule is CCOc1ccc(C(=O)NCC(=O)NNC(=O)c2ccc3c(c2)OCO3)cc1OCC. The third kappa shape index (κ3) is 5.56. The molecule has 0 fully saturated rings. The molecule has 0 bridgehead atoms. The summed E-state index contributed by atoms with van der Waals surface area (Å²) in [4.78, 5) is 36.5. The number of hydrogen-bond acceptors (Lipinski definition) is 7. The molecule has 0 unspecified atom stereocenters. The van der Waals surface area contributed by atoms with Crippen LogP contribution in [0.3, 0.4) is 0 Å². The highest BCUT2D eigenvalue weighted by molar-refractivity contribution is 5.98. The van der Waals surface area contributed by atoms with Crippen LogP contribution in [0.2, 0.25) is 0 Å². The van der Waals surface area contributed by atoms with Crippen LogP contribution >= 0.6 is 0 Å². The van der Waals surface area contributed by atoms with Gasteiger partial charge in [-0.2, -0.15) is 0 Å². The van der Waals surface area contributed by atoms with Crippen LogP contribution in [0.5, 0.6) is 23.0 Å².